The molecule has 3 aromatic heterocycles. The van der Waals surface area contributed by atoms with E-state index in [0.717, 1.165) is 5.56 Å². The lowest BCUT2D eigenvalue weighted by atomic mass is 10.1. The first-order valence-electron chi connectivity index (χ1n) is 7.31. The number of carbonyl (C=O) groups excluding carboxylic acids is 1. The zero-order chi connectivity index (χ0) is 17.2. The molecule has 0 aliphatic rings. The molecule has 4 rings (SSSR count). The van der Waals surface area contributed by atoms with Gasteiger partial charge in [0.15, 0.2) is 16.5 Å². The fraction of sp³-hybridized carbons (Fsp3) is 0. The number of hydrogen-bond donors (Lipinski definition) is 1. The number of imidazole rings is 1. The first kappa shape index (κ1) is 15.0. The lowest BCUT2D eigenvalue weighted by Gasteiger charge is -2.06. The van der Waals surface area contributed by atoms with Crippen molar-refractivity contribution in [3.8, 4) is 17.3 Å². The molecule has 1 amide bonds. The second-order valence-electron chi connectivity index (χ2n) is 5.08. The van der Waals surface area contributed by atoms with Crippen LogP contribution in [0.25, 0.3) is 16.9 Å². The van der Waals surface area contributed by atoms with E-state index in [9.17, 15) is 10.1 Å². The van der Waals surface area contributed by atoms with Crippen LogP contribution >= 0.6 is 11.3 Å². The summed E-state index contributed by atoms with van der Waals surface area (Å²) < 4.78 is 1.54. The second kappa shape index (κ2) is 6.14. The second-order valence-corrected chi connectivity index (χ2v) is 5.98. The summed E-state index contributed by atoms with van der Waals surface area (Å²) in [6, 6.07) is 13.0. The van der Waals surface area contributed by atoms with Gasteiger partial charge in [0.1, 0.15) is 0 Å². The number of nitrogens with zero attached hydrogens (tertiary/aromatic N) is 5. The summed E-state index contributed by atoms with van der Waals surface area (Å²) in [7, 11) is 0. The molecule has 1 N–H and O–H groups in total. The minimum atomic E-state index is -0.318. The molecule has 1 aromatic carbocycles. The number of nitriles is 1. The highest BCUT2D eigenvalue weighted by molar-refractivity contribution is 7.11. The summed E-state index contributed by atoms with van der Waals surface area (Å²) in [5.74, 6) is 0.118. The lowest BCUT2D eigenvalue weighted by Crippen LogP contribution is -2.13. The molecule has 0 unspecified atom stereocenters. The predicted octanol–water partition coefficient (Wildman–Crippen LogP) is 2.98. The first-order valence-corrected chi connectivity index (χ1v) is 8.19. The van der Waals surface area contributed by atoms with Crippen molar-refractivity contribution in [2.75, 3.05) is 5.32 Å². The van der Waals surface area contributed by atoms with Crippen molar-refractivity contribution in [3.63, 3.8) is 0 Å². The number of rotatable bonds is 3. The zero-order valence-electron chi connectivity index (χ0n) is 12.7. The molecule has 0 saturated carbocycles. The molecule has 25 heavy (non-hydrogen) atoms. The quantitative estimate of drug-likeness (QED) is 0.615. The molecule has 0 fully saturated rings. The number of carbonyl (C=O) groups is 1. The van der Waals surface area contributed by atoms with Gasteiger partial charge in [-0.1, -0.05) is 18.2 Å². The van der Waals surface area contributed by atoms with Crippen molar-refractivity contribution in [1.82, 2.24) is 19.6 Å². The van der Waals surface area contributed by atoms with Gasteiger partial charge in [-0.2, -0.15) is 14.9 Å². The van der Waals surface area contributed by atoms with Gasteiger partial charge in [-0.25, -0.2) is 9.97 Å². The summed E-state index contributed by atoms with van der Waals surface area (Å²) in [6.07, 6.45) is 3.11. The van der Waals surface area contributed by atoms with E-state index < -0.39 is 0 Å². The maximum Gasteiger partial charge on any atom is 0.285 e. The van der Waals surface area contributed by atoms with Gasteiger partial charge in [-0.15, -0.1) is 11.3 Å². The highest BCUT2D eigenvalue weighted by Crippen LogP contribution is 2.22. The summed E-state index contributed by atoms with van der Waals surface area (Å²) in [5, 5.41) is 18.6. The Balaban J connectivity index is 1.76. The smallest absolute Gasteiger partial charge is 0.285 e. The Morgan fingerprint density at radius 1 is 1.20 bits per heavy atom. The van der Waals surface area contributed by atoms with Gasteiger partial charge in [0, 0.05) is 17.1 Å². The van der Waals surface area contributed by atoms with Gasteiger partial charge in [-0.05, 0) is 18.2 Å². The minimum absolute atomic E-state index is 0.318. The summed E-state index contributed by atoms with van der Waals surface area (Å²) in [6.45, 7) is 0. The van der Waals surface area contributed by atoms with Crippen molar-refractivity contribution in [2.24, 2.45) is 0 Å². The van der Waals surface area contributed by atoms with Crippen molar-refractivity contribution in [3.05, 3.63) is 64.7 Å². The third-order valence-electron chi connectivity index (χ3n) is 3.55. The standard InChI is InChI=1S/C17H10N6OS/c18-9-11-3-1-2-4-12(11)13-5-6-14-20-10-15(23(14)22-13)21-16(24)17-19-7-8-25-17/h1-8,10H,(H,21,24). The first-order chi connectivity index (χ1) is 12.3. The Kier molecular flexibility index (Phi) is 3.68. The molecule has 0 atom stereocenters. The normalized spacial score (nSPS) is 10.5. The van der Waals surface area contributed by atoms with Crippen LogP contribution < -0.4 is 5.32 Å². The van der Waals surface area contributed by atoms with Crippen molar-refractivity contribution < 1.29 is 4.79 Å². The molecule has 7 nitrogen and oxygen atoms in total. The molecule has 4 aromatic rings. The van der Waals surface area contributed by atoms with E-state index in [1.165, 1.54) is 22.0 Å². The molecule has 0 radical (unpaired) electrons. The van der Waals surface area contributed by atoms with Crippen LogP contribution in [0.1, 0.15) is 15.4 Å². The van der Waals surface area contributed by atoms with E-state index >= 15 is 0 Å². The van der Waals surface area contributed by atoms with Crippen molar-refractivity contribution in [2.45, 2.75) is 0 Å². The number of thiazole rings is 1. The third kappa shape index (κ3) is 2.73. The summed E-state index contributed by atoms with van der Waals surface area (Å²) in [4.78, 5) is 20.4. The minimum Gasteiger partial charge on any atom is -0.303 e. The Bertz CT molecular complexity index is 1110. The van der Waals surface area contributed by atoms with Gasteiger partial charge in [-0.3, -0.25) is 4.79 Å². The van der Waals surface area contributed by atoms with E-state index in [4.69, 9.17) is 0 Å². The number of anilines is 1. The Morgan fingerprint density at radius 3 is 2.88 bits per heavy atom. The number of nitrogens with one attached hydrogen (secondary N) is 1. The Labute approximate surface area is 146 Å². The van der Waals surface area contributed by atoms with E-state index in [1.807, 2.05) is 12.1 Å². The van der Waals surface area contributed by atoms with Crippen molar-refractivity contribution in [1.29, 1.82) is 5.26 Å². The van der Waals surface area contributed by atoms with E-state index in [1.54, 1.807) is 35.8 Å². The number of fused-ring (bicyclic) bond motifs is 1. The van der Waals surface area contributed by atoms with Crippen molar-refractivity contribution >= 4 is 28.7 Å². The van der Waals surface area contributed by atoms with E-state index in [2.05, 4.69) is 26.5 Å². The fourth-order valence-electron chi connectivity index (χ4n) is 2.41. The van der Waals surface area contributed by atoms with Crippen LogP contribution in [-0.4, -0.2) is 25.5 Å². The summed E-state index contributed by atoms with van der Waals surface area (Å²) in [5.41, 5.74) is 2.46. The van der Waals surface area contributed by atoms with Gasteiger partial charge in [0.2, 0.25) is 0 Å². The summed E-state index contributed by atoms with van der Waals surface area (Å²) >= 11 is 1.25. The topological polar surface area (TPSA) is 96.0 Å². The highest BCUT2D eigenvalue weighted by Gasteiger charge is 2.14. The van der Waals surface area contributed by atoms with Gasteiger partial charge in [0.05, 0.1) is 23.5 Å². The SMILES string of the molecule is N#Cc1ccccc1-c1ccc2ncc(NC(=O)c3nccs3)n2n1. The number of benzene rings is 1. The van der Waals surface area contributed by atoms with Crippen LogP contribution in [0.4, 0.5) is 5.82 Å². The third-order valence-corrected chi connectivity index (χ3v) is 4.33. The molecule has 8 heteroatoms. The molecular formula is C17H10N6OS. The maximum absolute atomic E-state index is 12.2. The lowest BCUT2D eigenvalue weighted by molar-refractivity contribution is 0.102. The van der Waals surface area contributed by atoms with Crippen LogP contribution in [0.2, 0.25) is 0 Å². The average Bonchev–Trinajstić information content (AvgIpc) is 3.32. The van der Waals surface area contributed by atoms with Gasteiger partial charge >= 0.3 is 0 Å². The average molecular weight is 346 g/mol. The van der Waals surface area contributed by atoms with Crippen LogP contribution in [0.15, 0.2) is 54.2 Å². The van der Waals surface area contributed by atoms with E-state index in [-0.39, 0.29) is 5.91 Å². The molecule has 0 bridgehead atoms. The molecular weight excluding hydrogens is 336 g/mol. The molecule has 0 spiro atoms. The van der Waals surface area contributed by atoms with Crippen LogP contribution in [0.3, 0.4) is 0 Å². The molecule has 0 aliphatic heterocycles. The maximum atomic E-state index is 12.2. The zero-order valence-corrected chi connectivity index (χ0v) is 13.6. The Hall–Kier alpha value is -3.57. The number of hydrogen-bond acceptors (Lipinski definition) is 6. The van der Waals surface area contributed by atoms with Gasteiger partial charge in [0.25, 0.3) is 5.91 Å². The molecule has 3 heterocycles. The highest BCUT2D eigenvalue weighted by atomic mass is 32.1. The number of aromatic nitrogens is 4. The Morgan fingerprint density at radius 2 is 2.08 bits per heavy atom. The van der Waals surface area contributed by atoms with Crippen LogP contribution in [0, 0.1) is 11.3 Å². The monoisotopic (exact) mass is 346 g/mol. The van der Waals surface area contributed by atoms with Gasteiger partial charge < -0.3 is 5.32 Å². The fourth-order valence-corrected chi connectivity index (χ4v) is 2.94. The van der Waals surface area contributed by atoms with Crippen LogP contribution in [0.5, 0.6) is 0 Å². The van der Waals surface area contributed by atoms with Crippen LogP contribution in [-0.2, 0) is 0 Å². The molecule has 0 aliphatic carbocycles. The number of amides is 1. The largest absolute Gasteiger partial charge is 0.303 e. The molecule has 120 valence electrons. The van der Waals surface area contributed by atoms with E-state index in [0.29, 0.717) is 27.7 Å². The predicted molar refractivity (Wildman–Crippen MR) is 93.2 cm³/mol. The molecule has 0 saturated heterocycles.